The summed E-state index contributed by atoms with van der Waals surface area (Å²) in [4.78, 5) is 14.2. The Morgan fingerprint density at radius 2 is 1.86 bits per heavy atom. The standard InChI is InChI=1S/C15H21ClN2O3/c1-10(15(19)18-6-4-5-7-18)17-12-9-13(20-2)11(16)8-14(12)21-3/h8-10,17H,4-7H2,1-3H3. The number of hydrogen-bond acceptors (Lipinski definition) is 4. The van der Waals surface area contributed by atoms with E-state index in [0.717, 1.165) is 25.9 Å². The molecule has 116 valence electrons. The van der Waals surface area contributed by atoms with Crippen molar-refractivity contribution in [2.45, 2.75) is 25.8 Å². The highest BCUT2D eigenvalue weighted by atomic mass is 35.5. The van der Waals surface area contributed by atoms with E-state index in [1.165, 1.54) is 0 Å². The number of rotatable bonds is 5. The topological polar surface area (TPSA) is 50.8 Å². The average Bonchev–Trinajstić information content (AvgIpc) is 3.01. The van der Waals surface area contributed by atoms with Crippen molar-refractivity contribution in [1.29, 1.82) is 0 Å². The second-order valence-electron chi connectivity index (χ2n) is 5.09. The molecule has 1 saturated heterocycles. The minimum atomic E-state index is -0.331. The maximum absolute atomic E-state index is 12.3. The quantitative estimate of drug-likeness (QED) is 0.908. The van der Waals surface area contributed by atoms with Crippen LogP contribution in [0.25, 0.3) is 0 Å². The highest BCUT2D eigenvalue weighted by molar-refractivity contribution is 6.32. The number of halogens is 1. The number of hydrogen-bond donors (Lipinski definition) is 1. The first-order valence-electron chi connectivity index (χ1n) is 7.03. The van der Waals surface area contributed by atoms with E-state index in [9.17, 15) is 4.79 Å². The molecule has 1 heterocycles. The summed E-state index contributed by atoms with van der Waals surface area (Å²) in [5, 5.41) is 3.66. The molecule has 1 unspecified atom stereocenters. The summed E-state index contributed by atoms with van der Waals surface area (Å²) in [6, 6.07) is 3.09. The van der Waals surface area contributed by atoms with Gasteiger partial charge < -0.3 is 19.7 Å². The van der Waals surface area contributed by atoms with Crippen LogP contribution in [0.5, 0.6) is 11.5 Å². The summed E-state index contributed by atoms with van der Waals surface area (Å²) in [6.45, 7) is 3.53. The highest BCUT2D eigenvalue weighted by Crippen LogP contribution is 2.36. The molecule has 1 aliphatic heterocycles. The Hall–Kier alpha value is -1.62. The normalized spacial score (nSPS) is 15.7. The van der Waals surface area contributed by atoms with Crippen molar-refractivity contribution in [2.75, 3.05) is 32.6 Å². The van der Waals surface area contributed by atoms with Crippen LogP contribution in [0.4, 0.5) is 5.69 Å². The molecule has 0 radical (unpaired) electrons. The van der Waals surface area contributed by atoms with Crippen LogP contribution in [-0.2, 0) is 4.79 Å². The lowest BCUT2D eigenvalue weighted by molar-refractivity contribution is -0.130. The monoisotopic (exact) mass is 312 g/mol. The molecule has 0 spiro atoms. The number of ether oxygens (including phenoxy) is 2. The molecular formula is C15H21ClN2O3. The predicted molar refractivity (Wildman–Crippen MR) is 83.5 cm³/mol. The van der Waals surface area contributed by atoms with Crippen LogP contribution in [0.1, 0.15) is 19.8 Å². The lowest BCUT2D eigenvalue weighted by Crippen LogP contribution is -2.39. The molecule has 0 aliphatic carbocycles. The fraction of sp³-hybridized carbons (Fsp3) is 0.533. The van der Waals surface area contributed by atoms with Crippen molar-refractivity contribution in [3.05, 3.63) is 17.2 Å². The molecule has 0 bridgehead atoms. The Kier molecular flexibility index (Phi) is 5.17. The predicted octanol–water partition coefficient (Wildman–Crippen LogP) is 2.78. The van der Waals surface area contributed by atoms with Gasteiger partial charge in [0, 0.05) is 25.2 Å². The van der Waals surface area contributed by atoms with Crippen molar-refractivity contribution in [3.8, 4) is 11.5 Å². The Morgan fingerprint density at radius 3 is 2.43 bits per heavy atom. The minimum absolute atomic E-state index is 0.100. The van der Waals surface area contributed by atoms with Crippen molar-refractivity contribution >= 4 is 23.2 Å². The Balaban J connectivity index is 2.15. The largest absolute Gasteiger partial charge is 0.495 e. The number of methoxy groups -OCH3 is 2. The third-order valence-electron chi connectivity index (χ3n) is 3.63. The number of amides is 1. The molecule has 6 heteroatoms. The number of nitrogens with zero attached hydrogens (tertiary/aromatic N) is 1. The summed E-state index contributed by atoms with van der Waals surface area (Å²) in [5.41, 5.74) is 0.693. The van der Waals surface area contributed by atoms with Crippen LogP contribution in [-0.4, -0.2) is 44.2 Å². The molecule has 1 fully saturated rings. The summed E-state index contributed by atoms with van der Waals surface area (Å²) < 4.78 is 10.5. The molecule has 1 N–H and O–H groups in total. The van der Waals surface area contributed by atoms with Gasteiger partial charge in [-0.25, -0.2) is 0 Å². The molecule has 21 heavy (non-hydrogen) atoms. The SMILES string of the molecule is COc1cc(NC(C)C(=O)N2CCCC2)c(OC)cc1Cl. The number of carbonyl (C=O) groups is 1. The second kappa shape index (κ2) is 6.89. The summed E-state index contributed by atoms with van der Waals surface area (Å²) in [5.74, 6) is 1.23. The second-order valence-corrected chi connectivity index (χ2v) is 5.49. The van der Waals surface area contributed by atoms with E-state index in [1.807, 2.05) is 11.8 Å². The van der Waals surface area contributed by atoms with Gasteiger partial charge in [-0.2, -0.15) is 0 Å². The van der Waals surface area contributed by atoms with Crippen LogP contribution < -0.4 is 14.8 Å². The Labute approximate surface area is 130 Å². The van der Waals surface area contributed by atoms with Crippen LogP contribution in [0.2, 0.25) is 5.02 Å². The first-order chi connectivity index (χ1) is 10.1. The van der Waals surface area contributed by atoms with Crippen molar-refractivity contribution < 1.29 is 14.3 Å². The molecular weight excluding hydrogens is 292 g/mol. The summed E-state index contributed by atoms with van der Waals surface area (Å²) in [6.07, 6.45) is 2.16. The van der Waals surface area contributed by atoms with Gasteiger partial charge in [0.25, 0.3) is 0 Å². The maximum Gasteiger partial charge on any atom is 0.244 e. The van der Waals surface area contributed by atoms with Crippen LogP contribution >= 0.6 is 11.6 Å². The van der Waals surface area contributed by atoms with Crippen LogP contribution in [0.3, 0.4) is 0 Å². The van der Waals surface area contributed by atoms with Gasteiger partial charge in [-0.3, -0.25) is 4.79 Å². The van der Waals surface area contributed by atoms with Gasteiger partial charge in [0.1, 0.15) is 17.5 Å². The van der Waals surface area contributed by atoms with Gasteiger partial charge in [-0.1, -0.05) is 11.6 Å². The fourth-order valence-electron chi connectivity index (χ4n) is 2.48. The number of nitrogens with one attached hydrogen (secondary N) is 1. The van der Waals surface area contributed by atoms with Gasteiger partial charge in [0.15, 0.2) is 0 Å². The highest BCUT2D eigenvalue weighted by Gasteiger charge is 2.24. The van der Waals surface area contributed by atoms with Gasteiger partial charge in [0.2, 0.25) is 5.91 Å². The maximum atomic E-state index is 12.3. The Bertz CT molecular complexity index is 516. The Morgan fingerprint density at radius 1 is 1.24 bits per heavy atom. The van der Waals surface area contributed by atoms with Crippen molar-refractivity contribution in [1.82, 2.24) is 4.90 Å². The smallest absolute Gasteiger partial charge is 0.244 e. The van der Waals surface area contributed by atoms with E-state index in [-0.39, 0.29) is 11.9 Å². The fourth-order valence-corrected chi connectivity index (χ4v) is 2.71. The van der Waals surface area contributed by atoms with Gasteiger partial charge in [-0.05, 0) is 19.8 Å². The van der Waals surface area contributed by atoms with E-state index in [1.54, 1.807) is 26.4 Å². The first-order valence-corrected chi connectivity index (χ1v) is 7.41. The molecule has 2 rings (SSSR count). The van der Waals surface area contributed by atoms with E-state index < -0.39 is 0 Å². The third-order valence-corrected chi connectivity index (χ3v) is 3.93. The zero-order valence-corrected chi connectivity index (χ0v) is 13.4. The number of likely N-dealkylation sites (tertiary alicyclic amines) is 1. The lowest BCUT2D eigenvalue weighted by atomic mass is 10.2. The molecule has 0 aromatic heterocycles. The van der Waals surface area contributed by atoms with Crippen LogP contribution in [0, 0.1) is 0 Å². The molecule has 1 atom stereocenters. The number of benzene rings is 1. The third kappa shape index (κ3) is 3.53. The number of carbonyl (C=O) groups excluding carboxylic acids is 1. The molecule has 1 amide bonds. The zero-order chi connectivity index (χ0) is 15.4. The van der Waals surface area contributed by atoms with E-state index >= 15 is 0 Å². The van der Waals surface area contributed by atoms with E-state index in [0.29, 0.717) is 22.2 Å². The molecule has 5 nitrogen and oxygen atoms in total. The van der Waals surface area contributed by atoms with E-state index in [2.05, 4.69) is 5.32 Å². The average molecular weight is 313 g/mol. The summed E-state index contributed by atoms with van der Waals surface area (Å²) >= 11 is 6.08. The lowest BCUT2D eigenvalue weighted by Gasteiger charge is -2.23. The first kappa shape index (κ1) is 15.8. The molecule has 1 aromatic carbocycles. The minimum Gasteiger partial charge on any atom is -0.495 e. The molecule has 0 saturated carbocycles. The van der Waals surface area contributed by atoms with Gasteiger partial charge in [0.05, 0.1) is 24.9 Å². The summed E-state index contributed by atoms with van der Waals surface area (Å²) in [7, 11) is 3.12. The number of anilines is 1. The van der Waals surface area contributed by atoms with Crippen molar-refractivity contribution in [3.63, 3.8) is 0 Å². The zero-order valence-electron chi connectivity index (χ0n) is 12.6. The van der Waals surface area contributed by atoms with Crippen molar-refractivity contribution in [2.24, 2.45) is 0 Å². The van der Waals surface area contributed by atoms with Gasteiger partial charge >= 0.3 is 0 Å². The molecule has 1 aromatic rings. The van der Waals surface area contributed by atoms with Crippen LogP contribution in [0.15, 0.2) is 12.1 Å². The van der Waals surface area contributed by atoms with E-state index in [4.69, 9.17) is 21.1 Å². The van der Waals surface area contributed by atoms with Gasteiger partial charge in [-0.15, -0.1) is 0 Å². The molecule has 1 aliphatic rings.